The number of ether oxygens (including phenoxy) is 1. The van der Waals surface area contributed by atoms with Crippen LogP contribution in [0.15, 0.2) is 4.99 Å². The lowest BCUT2D eigenvalue weighted by Crippen LogP contribution is -2.43. The molecule has 6 heteroatoms. The van der Waals surface area contributed by atoms with Crippen LogP contribution in [0.3, 0.4) is 0 Å². The van der Waals surface area contributed by atoms with E-state index in [9.17, 15) is 0 Å². The topological polar surface area (TPSA) is 54.1 Å². The lowest BCUT2D eigenvalue weighted by atomic mass is 10.2. The van der Waals surface area contributed by atoms with Gasteiger partial charge in [0.25, 0.3) is 0 Å². The first-order chi connectivity index (χ1) is 9.31. The highest BCUT2D eigenvalue weighted by molar-refractivity contribution is 7.99. The van der Waals surface area contributed by atoms with Gasteiger partial charge in [-0.3, -0.25) is 9.89 Å². The van der Waals surface area contributed by atoms with Crippen molar-refractivity contribution in [1.82, 2.24) is 9.80 Å². The van der Waals surface area contributed by atoms with Crippen LogP contribution in [0.2, 0.25) is 0 Å². The summed E-state index contributed by atoms with van der Waals surface area (Å²) in [6.45, 7) is 5.90. The molecule has 19 heavy (non-hydrogen) atoms. The number of likely N-dealkylation sites (tertiary alicyclic amines) is 1. The van der Waals surface area contributed by atoms with Gasteiger partial charge in [0.2, 0.25) is 0 Å². The van der Waals surface area contributed by atoms with Gasteiger partial charge in [0.1, 0.15) is 0 Å². The van der Waals surface area contributed by atoms with Crippen molar-refractivity contribution < 1.29 is 4.74 Å². The zero-order chi connectivity index (χ0) is 13.5. The van der Waals surface area contributed by atoms with Gasteiger partial charge < -0.3 is 15.4 Å². The second-order valence-electron chi connectivity index (χ2n) is 5.12. The van der Waals surface area contributed by atoms with Crippen LogP contribution in [0.25, 0.3) is 0 Å². The Bertz CT molecular complexity index is 294. The van der Waals surface area contributed by atoms with Gasteiger partial charge in [-0.25, -0.2) is 0 Å². The Morgan fingerprint density at radius 2 is 2.16 bits per heavy atom. The lowest BCUT2D eigenvalue weighted by molar-refractivity contribution is 0.142. The molecule has 2 aliphatic heterocycles. The summed E-state index contributed by atoms with van der Waals surface area (Å²) >= 11 is 1.99. The fourth-order valence-corrected chi connectivity index (χ4v) is 3.60. The Labute approximate surface area is 120 Å². The minimum absolute atomic E-state index is 0.549. The Hall–Kier alpha value is -0.460. The Morgan fingerprint density at radius 1 is 1.37 bits per heavy atom. The van der Waals surface area contributed by atoms with E-state index in [0.29, 0.717) is 6.04 Å². The van der Waals surface area contributed by atoms with Crippen molar-refractivity contribution in [2.45, 2.75) is 18.9 Å². The highest BCUT2D eigenvalue weighted by Gasteiger charge is 2.24. The maximum atomic E-state index is 6.10. The molecule has 110 valence electrons. The highest BCUT2D eigenvalue weighted by Crippen LogP contribution is 2.17. The molecule has 2 aliphatic rings. The summed E-state index contributed by atoms with van der Waals surface area (Å²) in [6, 6.07) is 0.549. The summed E-state index contributed by atoms with van der Waals surface area (Å²) < 4.78 is 5.16. The van der Waals surface area contributed by atoms with Crippen molar-refractivity contribution in [1.29, 1.82) is 0 Å². The maximum Gasteiger partial charge on any atom is 0.191 e. The van der Waals surface area contributed by atoms with E-state index in [2.05, 4.69) is 14.8 Å². The predicted molar refractivity (Wildman–Crippen MR) is 81.9 cm³/mol. The van der Waals surface area contributed by atoms with E-state index in [1.54, 1.807) is 7.11 Å². The summed E-state index contributed by atoms with van der Waals surface area (Å²) in [5, 5.41) is 0. The van der Waals surface area contributed by atoms with Crippen molar-refractivity contribution in [3.05, 3.63) is 0 Å². The molecule has 5 nitrogen and oxygen atoms in total. The summed E-state index contributed by atoms with van der Waals surface area (Å²) in [5.74, 6) is 3.07. The Morgan fingerprint density at radius 3 is 2.89 bits per heavy atom. The summed E-state index contributed by atoms with van der Waals surface area (Å²) in [6.07, 6.45) is 2.50. The van der Waals surface area contributed by atoms with E-state index in [-0.39, 0.29) is 0 Å². The van der Waals surface area contributed by atoms with Crippen LogP contribution in [-0.2, 0) is 4.74 Å². The number of nitrogens with zero attached hydrogens (tertiary/aromatic N) is 3. The van der Waals surface area contributed by atoms with E-state index < -0.39 is 0 Å². The molecule has 2 fully saturated rings. The van der Waals surface area contributed by atoms with Gasteiger partial charge in [0, 0.05) is 44.3 Å². The fourth-order valence-electron chi connectivity index (χ4n) is 2.70. The maximum absolute atomic E-state index is 6.10. The molecule has 2 rings (SSSR count). The molecule has 0 aromatic rings. The third-order valence-corrected chi connectivity index (χ3v) is 4.82. The molecule has 2 N–H and O–H groups in total. The van der Waals surface area contributed by atoms with Gasteiger partial charge in [-0.2, -0.15) is 11.8 Å². The Kier molecular flexibility index (Phi) is 6.26. The van der Waals surface area contributed by atoms with Crippen molar-refractivity contribution in [2.75, 3.05) is 57.9 Å². The summed E-state index contributed by atoms with van der Waals surface area (Å²) in [4.78, 5) is 9.31. The van der Waals surface area contributed by atoms with E-state index in [0.717, 1.165) is 38.7 Å². The van der Waals surface area contributed by atoms with Crippen LogP contribution in [0.1, 0.15) is 12.8 Å². The Balaban J connectivity index is 1.78. The fraction of sp³-hybridized carbons (Fsp3) is 0.923. The molecule has 0 spiro atoms. The number of methoxy groups -OCH3 is 1. The predicted octanol–water partition coefficient (Wildman–Crippen LogP) is 0.461. The van der Waals surface area contributed by atoms with E-state index in [1.807, 2.05) is 11.8 Å². The third kappa shape index (κ3) is 4.54. The molecule has 0 saturated carbocycles. The number of hydrogen-bond donors (Lipinski definition) is 1. The van der Waals surface area contributed by atoms with E-state index in [1.165, 1.54) is 30.9 Å². The zero-order valence-corrected chi connectivity index (χ0v) is 12.7. The largest absolute Gasteiger partial charge is 0.383 e. The number of aliphatic imine (C=N–C) groups is 1. The average molecular weight is 286 g/mol. The zero-order valence-electron chi connectivity index (χ0n) is 11.9. The van der Waals surface area contributed by atoms with Crippen LogP contribution in [0, 0.1) is 0 Å². The van der Waals surface area contributed by atoms with Gasteiger partial charge in [-0.15, -0.1) is 0 Å². The van der Waals surface area contributed by atoms with Gasteiger partial charge in [0.05, 0.1) is 13.2 Å². The minimum atomic E-state index is 0.549. The number of rotatable bonds is 5. The van der Waals surface area contributed by atoms with Crippen molar-refractivity contribution >= 4 is 17.7 Å². The molecular formula is C13H26N4OS. The number of hydrogen-bond acceptors (Lipinski definition) is 4. The van der Waals surface area contributed by atoms with Crippen molar-refractivity contribution in [2.24, 2.45) is 10.7 Å². The van der Waals surface area contributed by atoms with Crippen molar-refractivity contribution in [3.8, 4) is 0 Å². The van der Waals surface area contributed by atoms with E-state index in [4.69, 9.17) is 10.5 Å². The smallest absolute Gasteiger partial charge is 0.191 e. The summed E-state index contributed by atoms with van der Waals surface area (Å²) in [5.41, 5.74) is 6.10. The van der Waals surface area contributed by atoms with Crippen LogP contribution < -0.4 is 5.73 Å². The minimum Gasteiger partial charge on any atom is -0.383 e. The molecule has 0 aromatic heterocycles. The monoisotopic (exact) mass is 286 g/mol. The van der Waals surface area contributed by atoms with Crippen LogP contribution in [0.4, 0.5) is 0 Å². The first-order valence-corrected chi connectivity index (χ1v) is 8.32. The second kappa shape index (κ2) is 7.97. The molecule has 1 unspecified atom stereocenters. The SMILES string of the molecule is COCCN1CCCC1CN=C(N)N1CCSCC1. The molecule has 1 atom stereocenters. The lowest BCUT2D eigenvalue weighted by Gasteiger charge is -2.28. The highest BCUT2D eigenvalue weighted by atomic mass is 32.2. The quantitative estimate of drug-likeness (QED) is 0.588. The number of nitrogens with two attached hydrogens (primary N) is 1. The second-order valence-corrected chi connectivity index (χ2v) is 6.35. The first-order valence-electron chi connectivity index (χ1n) is 7.17. The van der Waals surface area contributed by atoms with Gasteiger partial charge >= 0.3 is 0 Å². The van der Waals surface area contributed by atoms with Gasteiger partial charge in [-0.05, 0) is 19.4 Å². The molecule has 0 bridgehead atoms. The standard InChI is InChI=1S/C13H26N4OS/c1-18-8-5-16-4-2-3-12(16)11-15-13(14)17-6-9-19-10-7-17/h12H,2-11H2,1H3,(H2,14,15). The number of guanidine groups is 1. The third-order valence-electron chi connectivity index (χ3n) is 3.88. The summed E-state index contributed by atoms with van der Waals surface area (Å²) in [7, 11) is 1.76. The molecule has 0 aliphatic carbocycles. The van der Waals surface area contributed by atoms with Gasteiger partial charge in [-0.1, -0.05) is 0 Å². The molecule has 0 aromatic carbocycles. The number of thioether (sulfide) groups is 1. The van der Waals surface area contributed by atoms with Crippen LogP contribution >= 0.6 is 11.8 Å². The average Bonchev–Trinajstić information content (AvgIpc) is 2.91. The molecule has 0 amide bonds. The molecule has 2 saturated heterocycles. The first kappa shape index (κ1) is 14.9. The normalized spacial score (nSPS) is 26.1. The van der Waals surface area contributed by atoms with Crippen molar-refractivity contribution in [3.63, 3.8) is 0 Å². The molecule has 2 heterocycles. The van der Waals surface area contributed by atoms with Crippen LogP contribution in [-0.4, -0.2) is 79.7 Å². The van der Waals surface area contributed by atoms with Gasteiger partial charge in [0.15, 0.2) is 5.96 Å². The van der Waals surface area contributed by atoms with Crippen LogP contribution in [0.5, 0.6) is 0 Å². The van der Waals surface area contributed by atoms with E-state index >= 15 is 0 Å². The molecule has 0 radical (unpaired) electrons. The molecular weight excluding hydrogens is 260 g/mol.